The minimum Gasteiger partial charge on any atom is -0.377 e. The minimum atomic E-state index is -0.340. The van der Waals surface area contributed by atoms with Gasteiger partial charge in [0.25, 0.3) is 0 Å². The highest BCUT2D eigenvalue weighted by Crippen LogP contribution is 2.30. The zero-order valence-corrected chi connectivity index (χ0v) is 22.2. The Morgan fingerprint density at radius 2 is 1.92 bits per heavy atom. The summed E-state index contributed by atoms with van der Waals surface area (Å²) < 4.78 is 19.4. The molecule has 202 valence electrons. The molecule has 39 heavy (non-hydrogen) atoms. The van der Waals surface area contributed by atoms with E-state index >= 15 is 0 Å². The first-order chi connectivity index (χ1) is 18.9. The molecular formula is C29H32FN7O2. The molecule has 0 radical (unpaired) electrons. The number of H-pyrrole nitrogens is 1. The smallest absolute Gasteiger partial charge is 0.320 e. The summed E-state index contributed by atoms with van der Waals surface area (Å²) >= 11 is 0. The predicted octanol–water partition coefficient (Wildman–Crippen LogP) is 4.78. The summed E-state index contributed by atoms with van der Waals surface area (Å²) in [5.41, 5.74) is 5.56. The molecule has 1 aliphatic heterocycles. The van der Waals surface area contributed by atoms with Gasteiger partial charge in [-0.25, -0.2) is 19.2 Å². The molecule has 4 N–H and O–H groups in total. The van der Waals surface area contributed by atoms with Gasteiger partial charge in [-0.05, 0) is 61.1 Å². The van der Waals surface area contributed by atoms with Crippen LogP contribution in [0.5, 0.6) is 0 Å². The van der Waals surface area contributed by atoms with E-state index in [1.165, 1.54) is 12.1 Å². The molecule has 5 rings (SSSR count). The fourth-order valence-corrected chi connectivity index (χ4v) is 4.99. The number of methoxy groups -OCH3 is 1. The van der Waals surface area contributed by atoms with Crippen molar-refractivity contribution in [2.45, 2.75) is 32.4 Å². The Hall–Kier alpha value is -4.15. The van der Waals surface area contributed by atoms with Crippen LogP contribution >= 0.6 is 0 Å². The average Bonchev–Trinajstić information content (AvgIpc) is 3.57. The number of ether oxygens (including phenoxy) is 1. The van der Waals surface area contributed by atoms with Crippen LogP contribution in [0.25, 0.3) is 22.4 Å². The number of hydrogen-bond donors (Lipinski definition) is 4. The highest BCUT2D eigenvalue weighted by Gasteiger charge is 2.31. The van der Waals surface area contributed by atoms with Gasteiger partial charge in [0, 0.05) is 55.8 Å². The summed E-state index contributed by atoms with van der Waals surface area (Å²) in [5, 5.41) is 16.5. The second-order valence-electron chi connectivity index (χ2n) is 9.85. The van der Waals surface area contributed by atoms with Crippen molar-refractivity contribution < 1.29 is 13.9 Å². The number of aromatic amines is 1. The molecule has 3 atom stereocenters. The fraction of sp³-hybridized carbons (Fsp3) is 0.310. The Bertz CT molecular complexity index is 1440. The zero-order valence-electron chi connectivity index (χ0n) is 22.2. The Labute approximate surface area is 226 Å². The molecule has 1 fully saturated rings. The van der Waals surface area contributed by atoms with Crippen molar-refractivity contribution in [2.24, 2.45) is 5.92 Å². The van der Waals surface area contributed by atoms with Crippen LogP contribution in [0.2, 0.25) is 0 Å². The number of urea groups is 1. The van der Waals surface area contributed by atoms with Gasteiger partial charge in [0.15, 0.2) is 5.82 Å². The lowest BCUT2D eigenvalue weighted by molar-refractivity contribution is 0.0789. The molecule has 10 heteroatoms. The topological polar surface area (TPSA) is 117 Å². The predicted molar refractivity (Wildman–Crippen MR) is 148 cm³/mol. The van der Waals surface area contributed by atoms with E-state index in [2.05, 4.69) is 42.2 Å². The van der Waals surface area contributed by atoms with Gasteiger partial charge < -0.3 is 15.4 Å². The molecule has 0 bridgehead atoms. The largest absolute Gasteiger partial charge is 0.377 e. The SMILES string of the molecule is CO[C@H](C[C@@H]1CNC[C@H]1NC(=O)Nc1cc(-c2ccc(C)c(-c3cnc(C)nc3)c2)[nH]n1)c1cccc(F)c1. The number of hydrogen-bond acceptors (Lipinski definition) is 6. The second-order valence-corrected chi connectivity index (χ2v) is 9.85. The molecule has 1 aliphatic rings. The normalized spacial score (nSPS) is 17.6. The van der Waals surface area contributed by atoms with E-state index < -0.39 is 0 Å². The second kappa shape index (κ2) is 11.7. The van der Waals surface area contributed by atoms with E-state index in [9.17, 15) is 9.18 Å². The highest BCUT2D eigenvalue weighted by molar-refractivity contribution is 5.89. The Kier molecular flexibility index (Phi) is 7.94. The molecule has 3 heterocycles. The number of anilines is 1. The number of aromatic nitrogens is 4. The first-order valence-electron chi connectivity index (χ1n) is 12.9. The van der Waals surface area contributed by atoms with Crippen molar-refractivity contribution in [3.05, 3.63) is 83.7 Å². The standard InChI is InChI=1S/C29H32FN7O2/c1-17-7-8-19(10-24(17)22-14-32-18(2)33-15-22)25-12-28(37-36-25)35-29(38)34-26-16-31-13-21(26)11-27(39-3)20-5-4-6-23(30)9-20/h4-10,12,14-15,21,26-27,31H,11,13,16H2,1-3H3,(H3,34,35,36,37,38)/t21-,26-,27-/m1/s1. The van der Waals surface area contributed by atoms with Crippen LogP contribution in [0.3, 0.4) is 0 Å². The lowest BCUT2D eigenvalue weighted by atomic mass is 9.93. The third kappa shape index (κ3) is 6.30. The Morgan fingerprint density at radius 1 is 1.10 bits per heavy atom. The molecule has 0 saturated carbocycles. The fourth-order valence-electron chi connectivity index (χ4n) is 4.99. The maximum atomic E-state index is 13.7. The van der Waals surface area contributed by atoms with Crippen LogP contribution in [-0.2, 0) is 4.74 Å². The van der Waals surface area contributed by atoms with Crippen LogP contribution < -0.4 is 16.0 Å². The van der Waals surface area contributed by atoms with Gasteiger partial charge in [-0.3, -0.25) is 10.4 Å². The Balaban J connectivity index is 1.22. The summed E-state index contributed by atoms with van der Waals surface area (Å²) in [6.07, 6.45) is 4.01. The van der Waals surface area contributed by atoms with Crippen molar-refractivity contribution in [2.75, 3.05) is 25.5 Å². The minimum absolute atomic E-state index is 0.106. The third-order valence-electron chi connectivity index (χ3n) is 7.14. The van der Waals surface area contributed by atoms with Crippen molar-refractivity contribution in [1.82, 2.24) is 30.8 Å². The summed E-state index contributed by atoms with van der Waals surface area (Å²) in [6, 6.07) is 13.9. The van der Waals surface area contributed by atoms with Crippen LogP contribution in [0, 0.1) is 25.6 Å². The van der Waals surface area contributed by atoms with Crippen LogP contribution in [-0.4, -0.2) is 52.4 Å². The molecule has 0 spiro atoms. The average molecular weight is 530 g/mol. The molecule has 1 saturated heterocycles. The summed E-state index contributed by atoms with van der Waals surface area (Å²) in [6.45, 7) is 5.27. The number of nitrogens with one attached hydrogen (secondary N) is 4. The number of benzene rings is 2. The quantitative estimate of drug-likeness (QED) is 0.261. The number of carbonyl (C=O) groups is 1. The number of amides is 2. The molecule has 9 nitrogen and oxygen atoms in total. The molecule has 2 amide bonds. The maximum Gasteiger partial charge on any atom is 0.320 e. The van der Waals surface area contributed by atoms with Gasteiger partial charge in [-0.1, -0.05) is 24.3 Å². The van der Waals surface area contributed by atoms with Crippen molar-refractivity contribution in [1.29, 1.82) is 0 Å². The molecule has 0 aliphatic carbocycles. The van der Waals surface area contributed by atoms with E-state index in [1.54, 1.807) is 19.2 Å². The number of nitrogens with zero attached hydrogens (tertiary/aromatic N) is 3. The third-order valence-corrected chi connectivity index (χ3v) is 7.14. The molecule has 2 aromatic heterocycles. The first-order valence-corrected chi connectivity index (χ1v) is 12.9. The molecular weight excluding hydrogens is 497 g/mol. The lowest BCUT2D eigenvalue weighted by Gasteiger charge is -2.24. The van der Waals surface area contributed by atoms with Crippen molar-refractivity contribution in [3.8, 4) is 22.4 Å². The van der Waals surface area contributed by atoms with Gasteiger partial charge in [-0.15, -0.1) is 0 Å². The van der Waals surface area contributed by atoms with Gasteiger partial charge in [0.1, 0.15) is 11.6 Å². The van der Waals surface area contributed by atoms with Crippen LogP contribution in [0.1, 0.15) is 29.5 Å². The van der Waals surface area contributed by atoms with Crippen molar-refractivity contribution >= 4 is 11.8 Å². The number of rotatable bonds is 8. The summed E-state index contributed by atoms with van der Waals surface area (Å²) in [4.78, 5) is 21.5. The van der Waals surface area contributed by atoms with Crippen LogP contribution in [0.15, 0.2) is 60.9 Å². The van der Waals surface area contributed by atoms with E-state index in [0.29, 0.717) is 18.8 Å². The first kappa shape index (κ1) is 26.5. The maximum absolute atomic E-state index is 13.7. The van der Waals surface area contributed by atoms with Gasteiger partial charge in [0.2, 0.25) is 0 Å². The Morgan fingerprint density at radius 3 is 2.69 bits per heavy atom. The number of halogens is 1. The number of carbonyl (C=O) groups excluding carboxylic acids is 1. The number of aryl methyl sites for hydroxylation is 2. The molecule has 0 unspecified atom stereocenters. The monoisotopic (exact) mass is 529 g/mol. The van der Waals surface area contributed by atoms with E-state index in [1.807, 2.05) is 44.4 Å². The molecule has 4 aromatic rings. The van der Waals surface area contributed by atoms with Crippen molar-refractivity contribution in [3.63, 3.8) is 0 Å². The van der Waals surface area contributed by atoms with Gasteiger partial charge in [0.05, 0.1) is 11.8 Å². The van der Waals surface area contributed by atoms with E-state index in [4.69, 9.17) is 4.74 Å². The highest BCUT2D eigenvalue weighted by atomic mass is 19.1. The molecule has 2 aromatic carbocycles. The zero-order chi connectivity index (χ0) is 27.4. The van der Waals surface area contributed by atoms with Crippen LogP contribution in [0.4, 0.5) is 15.0 Å². The lowest BCUT2D eigenvalue weighted by Crippen LogP contribution is -2.43. The van der Waals surface area contributed by atoms with E-state index in [0.717, 1.165) is 45.9 Å². The summed E-state index contributed by atoms with van der Waals surface area (Å²) in [5.74, 6) is 0.966. The summed E-state index contributed by atoms with van der Waals surface area (Å²) in [7, 11) is 1.62. The van der Waals surface area contributed by atoms with Gasteiger partial charge in [-0.2, -0.15) is 5.10 Å². The van der Waals surface area contributed by atoms with E-state index in [-0.39, 0.29) is 29.9 Å². The van der Waals surface area contributed by atoms with Gasteiger partial charge >= 0.3 is 6.03 Å².